The maximum Gasteiger partial charge on any atom is 0.157 e. The number of pyridine rings is 1. The third-order valence-corrected chi connectivity index (χ3v) is 4.21. The van der Waals surface area contributed by atoms with Crippen molar-refractivity contribution < 1.29 is 9.15 Å². The molecule has 3 heterocycles. The number of aromatic amines is 1. The molecule has 0 unspecified atom stereocenters. The molecule has 0 amide bonds. The van der Waals surface area contributed by atoms with Crippen LogP contribution in [-0.4, -0.2) is 21.6 Å². The molecule has 3 aromatic heterocycles. The summed E-state index contributed by atoms with van der Waals surface area (Å²) in [7, 11) is 0. The second-order valence-electron chi connectivity index (χ2n) is 6.71. The summed E-state index contributed by atoms with van der Waals surface area (Å²) in [6.07, 6.45) is 4.48. The van der Waals surface area contributed by atoms with Crippen LogP contribution in [0.3, 0.4) is 0 Å². The number of benzene rings is 1. The van der Waals surface area contributed by atoms with Gasteiger partial charge in [0, 0.05) is 17.3 Å². The third kappa shape index (κ3) is 3.47. The number of rotatable bonds is 6. The Balaban J connectivity index is 1.60. The van der Waals surface area contributed by atoms with Crippen LogP contribution in [0, 0.1) is 5.92 Å². The number of hydrogen-bond donors (Lipinski definition) is 1. The fraction of sp³-hybridized carbons (Fsp3) is 0.238. The van der Waals surface area contributed by atoms with E-state index in [0.29, 0.717) is 5.92 Å². The first-order valence-electron chi connectivity index (χ1n) is 8.82. The molecule has 26 heavy (non-hydrogen) atoms. The van der Waals surface area contributed by atoms with Gasteiger partial charge in [-0.2, -0.15) is 0 Å². The number of furan rings is 1. The molecule has 5 nitrogen and oxygen atoms in total. The first-order chi connectivity index (χ1) is 12.7. The monoisotopic (exact) mass is 347 g/mol. The lowest BCUT2D eigenvalue weighted by Crippen LogP contribution is -2.01. The van der Waals surface area contributed by atoms with E-state index in [9.17, 15) is 0 Å². The largest absolute Gasteiger partial charge is 0.494 e. The lowest BCUT2D eigenvalue weighted by atomic mass is 10.1. The summed E-state index contributed by atoms with van der Waals surface area (Å²) in [6, 6.07) is 13.7. The van der Waals surface area contributed by atoms with E-state index in [2.05, 4.69) is 28.8 Å². The van der Waals surface area contributed by atoms with Gasteiger partial charge in [-0.15, -0.1) is 0 Å². The van der Waals surface area contributed by atoms with Gasteiger partial charge in [-0.05, 0) is 42.7 Å². The first-order valence-corrected chi connectivity index (χ1v) is 8.82. The summed E-state index contributed by atoms with van der Waals surface area (Å²) < 4.78 is 11.3. The molecule has 0 aliphatic rings. The molecule has 5 heteroatoms. The summed E-state index contributed by atoms with van der Waals surface area (Å²) >= 11 is 0. The number of nitrogens with one attached hydrogen (secondary N) is 1. The molecule has 4 rings (SSSR count). The molecule has 0 radical (unpaired) electrons. The van der Waals surface area contributed by atoms with Crippen molar-refractivity contribution in [2.24, 2.45) is 5.92 Å². The van der Waals surface area contributed by atoms with E-state index in [1.165, 1.54) is 0 Å². The molecule has 0 aliphatic heterocycles. The third-order valence-electron chi connectivity index (χ3n) is 4.21. The molecule has 0 bridgehead atoms. The lowest BCUT2D eigenvalue weighted by Gasteiger charge is -2.08. The van der Waals surface area contributed by atoms with Gasteiger partial charge in [0.2, 0.25) is 0 Å². The highest BCUT2D eigenvalue weighted by Crippen LogP contribution is 2.26. The van der Waals surface area contributed by atoms with E-state index >= 15 is 0 Å². The molecule has 0 aliphatic carbocycles. The van der Waals surface area contributed by atoms with Crippen LogP contribution in [0.4, 0.5) is 0 Å². The molecule has 0 saturated carbocycles. The van der Waals surface area contributed by atoms with E-state index in [-0.39, 0.29) is 0 Å². The van der Waals surface area contributed by atoms with Crippen LogP contribution in [0.2, 0.25) is 0 Å². The highest BCUT2D eigenvalue weighted by Gasteiger charge is 2.10. The zero-order valence-electron chi connectivity index (χ0n) is 14.9. The molecule has 0 spiro atoms. The number of nitrogens with zero attached hydrogens (tertiary/aromatic N) is 2. The van der Waals surface area contributed by atoms with Gasteiger partial charge in [0.15, 0.2) is 5.65 Å². The molecule has 0 fully saturated rings. The van der Waals surface area contributed by atoms with Crippen LogP contribution in [0.1, 0.15) is 20.3 Å². The van der Waals surface area contributed by atoms with E-state index < -0.39 is 0 Å². The van der Waals surface area contributed by atoms with Gasteiger partial charge in [-0.1, -0.05) is 26.0 Å². The Morgan fingerprint density at radius 1 is 1.12 bits per heavy atom. The van der Waals surface area contributed by atoms with Gasteiger partial charge in [0.25, 0.3) is 0 Å². The smallest absolute Gasteiger partial charge is 0.157 e. The second kappa shape index (κ2) is 7.04. The Bertz CT molecular complexity index is 1000. The molecule has 132 valence electrons. The zero-order valence-corrected chi connectivity index (χ0v) is 14.9. The Morgan fingerprint density at radius 3 is 2.85 bits per heavy atom. The first kappa shape index (κ1) is 16.4. The van der Waals surface area contributed by atoms with E-state index in [1.54, 1.807) is 12.5 Å². The average Bonchev–Trinajstić information content (AvgIpc) is 3.30. The number of ether oxygens (including phenoxy) is 1. The van der Waals surface area contributed by atoms with Crippen LogP contribution in [0.5, 0.6) is 5.75 Å². The van der Waals surface area contributed by atoms with Crippen molar-refractivity contribution in [1.29, 1.82) is 0 Å². The predicted octanol–water partition coefficient (Wildman–Crippen LogP) is 5.31. The van der Waals surface area contributed by atoms with Crippen molar-refractivity contribution >= 4 is 11.2 Å². The minimum Gasteiger partial charge on any atom is -0.494 e. The number of H-pyrrole nitrogens is 1. The summed E-state index contributed by atoms with van der Waals surface area (Å²) in [5.41, 5.74) is 3.44. The van der Waals surface area contributed by atoms with E-state index in [0.717, 1.165) is 52.7 Å². The maximum absolute atomic E-state index is 5.85. The number of fused-ring (bicyclic) bond motifs is 1. The van der Waals surface area contributed by atoms with Gasteiger partial charge in [-0.3, -0.25) is 0 Å². The summed E-state index contributed by atoms with van der Waals surface area (Å²) in [4.78, 5) is 12.4. The normalized spacial score (nSPS) is 11.3. The van der Waals surface area contributed by atoms with Crippen molar-refractivity contribution in [3.63, 3.8) is 0 Å². The Labute approximate surface area is 152 Å². The van der Waals surface area contributed by atoms with Crippen molar-refractivity contribution in [1.82, 2.24) is 15.0 Å². The van der Waals surface area contributed by atoms with E-state index in [1.807, 2.05) is 42.5 Å². The van der Waals surface area contributed by atoms with Crippen molar-refractivity contribution in [2.45, 2.75) is 20.3 Å². The topological polar surface area (TPSA) is 63.9 Å². The summed E-state index contributed by atoms with van der Waals surface area (Å²) in [5, 5.41) is 0. The van der Waals surface area contributed by atoms with Crippen molar-refractivity contribution in [3.8, 4) is 28.5 Å². The molecule has 0 atom stereocenters. The molecular weight excluding hydrogens is 326 g/mol. The van der Waals surface area contributed by atoms with Crippen LogP contribution >= 0.6 is 0 Å². The Hall–Kier alpha value is -3.08. The molecular formula is C21H21N3O2. The van der Waals surface area contributed by atoms with Crippen LogP contribution in [-0.2, 0) is 0 Å². The fourth-order valence-electron chi connectivity index (χ4n) is 2.76. The highest BCUT2D eigenvalue weighted by molar-refractivity contribution is 5.80. The van der Waals surface area contributed by atoms with Gasteiger partial charge in [0.1, 0.15) is 22.9 Å². The molecule has 0 saturated heterocycles. The van der Waals surface area contributed by atoms with Gasteiger partial charge < -0.3 is 14.1 Å². The van der Waals surface area contributed by atoms with Gasteiger partial charge in [0.05, 0.1) is 12.9 Å². The second-order valence-corrected chi connectivity index (χ2v) is 6.71. The van der Waals surface area contributed by atoms with Crippen molar-refractivity contribution in [2.75, 3.05) is 6.61 Å². The van der Waals surface area contributed by atoms with E-state index in [4.69, 9.17) is 9.15 Å². The standard InChI is InChI=1S/C21H21N3O2/c1-14(2)8-10-25-17-6-3-5-15(11-17)20-23-18-12-16(13-22-21(18)24-20)19-7-4-9-26-19/h3-7,9,11-14H,8,10H2,1-2H3,(H,22,23,24). The lowest BCUT2D eigenvalue weighted by molar-refractivity contribution is 0.289. The SMILES string of the molecule is CC(C)CCOc1cccc(-c2nc3cc(-c4ccco4)cnc3[nH]2)c1. The molecule has 1 aromatic carbocycles. The predicted molar refractivity (Wildman–Crippen MR) is 102 cm³/mol. The van der Waals surface area contributed by atoms with Crippen molar-refractivity contribution in [3.05, 3.63) is 54.9 Å². The fourth-order valence-corrected chi connectivity index (χ4v) is 2.76. The van der Waals surface area contributed by atoms with Gasteiger partial charge in [-0.25, -0.2) is 9.97 Å². The Morgan fingerprint density at radius 2 is 2.04 bits per heavy atom. The maximum atomic E-state index is 5.85. The average molecular weight is 347 g/mol. The molecule has 4 aromatic rings. The van der Waals surface area contributed by atoms with Crippen LogP contribution < -0.4 is 4.74 Å². The van der Waals surface area contributed by atoms with Gasteiger partial charge >= 0.3 is 0 Å². The summed E-state index contributed by atoms with van der Waals surface area (Å²) in [5.74, 6) is 3.04. The minimum absolute atomic E-state index is 0.628. The quantitative estimate of drug-likeness (QED) is 0.513. The van der Waals surface area contributed by atoms with Crippen LogP contribution in [0.15, 0.2) is 59.3 Å². The summed E-state index contributed by atoms with van der Waals surface area (Å²) in [6.45, 7) is 5.10. The number of aromatic nitrogens is 3. The molecule has 1 N–H and O–H groups in total. The van der Waals surface area contributed by atoms with Crippen LogP contribution in [0.25, 0.3) is 33.9 Å². The Kier molecular flexibility index (Phi) is 4.44. The highest BCUT2D eigenvalue weighted by atomic mass is 16.5. The zero-order chi connectivity index (χ0) is 17.9. The minimum atomic E-state index is 0.628. The number of imidazole rings is 1. The number of hydrogen-bond acceptors (Lipinski definition) is 4.